The summed E-state index contributed by atoms with van der Waals surface area (Å²) in [6, 6.07) is -0.833. The normalized spacial score (nSPS) is 23.3. The Balaban J connectivity index is 1.65. The van der Waals surface area contributed by atoms with Crippen molar-refractivity contribution in [3.8, 4) is 0 Å². The second-order valence-corrected chi connectivity index (χ2v) is 26.0. The molecule has 0 aromatic carbocycles. The van der Waals surface area contributed by atoms with Gasteiger partial charge in [0.05, 0.1) is 32.0 Å². The van der Waals surface area contributed by atoms with Crippen LogP contribution in [0.3, 0.4) is 0 Å². The molecule has 9 N–H and O–H groups in total. The largest absolute Gasteiger partial charge is 0.394 e. The van der Waals surface area contributed by atoms with E-state index in [2.05, 4.69) is 79.9 Å². The Labute approximate surface area is 543 Å². The Hall–Kier alpha value is -2.31. The van der Waals surface area contributed by atoms with Crippen molar-refractivity contribution in [3.63, 3.8) is 0 Å². The van der Waals surface area contributed by atoms with E-state index < -0.39 is 86.8 Å². The number of aliphatic hydroxyl groups excluding tert-OH is 8. The zero-order valence-corrected chi connectivity index (χ0v) is 56.7. The molecule has 2 aliphatic rings. The van der Waals surface area contributed by atoms with Crippen molar-refractivity contribution in [2.45, 2.75) is 389 Å². The second kappa shape index (κ2) is 59.4. The summed E-state index contributed by atoms with van der Waals surface area (Å²) in [5.74, 6) is -0.205. The molecule has 0 aromatic heterocycles. The van der Waals surface area contributed by atoms with Crippen LogP contribution in [0.4, 0.5) is 0 Å². The van der Waals surface area contributed by atoms with Gasteiger partial charge in [0.25, 0.3) is 0 Å². The molecule has 2 rings (SSSR count). The number of ether oxygens (including phenoxy) is 4. The summed E-state index contributed by atoms with van der Waals surface area (Å²) in [5.41, 5.74) is 0. The Morgan fingerprint density at radius 2 is 0.775 bits per heavy atom. The van der Waals surface area contributed by atoms with Gasteiger partial charge in [0.15, 0.2) is 12.6 Å². The third kappa shape index (κ3) is 43.3. The van der Waals surface area contributed by atoms with Crippen molar-refractivity contribution in [2.75, 3.05) is 19.8 Å². The van der Waals surface area contributed by atoms with E-state index in [0.29, 0.717) is 12.8 Å². The maximum absolute atomic E-state index is 13.4. The molecule has 0 spiro atoms. The maximum atomic E-state index is 13.4. The smallest absolute Gasteiger partial charge is 0.220 e. The highest BCUT2D eigenvalue weighted by atomic mass is 16.7. The number of aliphatic hydroxyl groups is 8. The average Bonchev–Trinajstić information content (AvgIpc) is 2.51. The van der Waals surface area contributed by atoms with Crippen LogP contribution in [0, 0.1) is 0 Å². The van der Waals surface area contributed by atoms with Crippen molar-refractivity contribution in [1.29, 1.82) is 0 Å². The summed E-state index contributed by atoms with van der Waals surface area (Å²) < 4.78 is 23.0. The molecule has 0 aromatic rings. The van der Waals surface area contributed by atoms with Gasteiger partial charge in [-0.15, -0.1) is 0 Å². The first-order chi connectivity index (χ1) is 43.6. The van der Waals surface area contributed by atoms with E-state index in [1.54, 1.807) is 0 Å². The first-order valence-electron chi connectivity index (χ1n) is 37.0. The maximum Gasteiger partial charge on any atom is 0.220 e. The number of carbonyl (C=O) groups excluding carboxylic acids is 1. The average molecular weight is 1260 g/mol. The van der Waals surface area contributed by atoms with Crippen molar-refractivity contribution < 1.29 is 64.6 Å². The van der Waals surface area contributed by atoms with Crippen LogP contribution in [-0.4, -0.2) is 140 Å². The number of carbonyl (C=O) groups is 1. The van der Waals surface area contributed by atoms with Gasteiger partial charge in [-0.3, -0.25) is 4.79 Å². The number of rotatable bonds is 61. The monoisotopic (exact) mass is 1260 g/mol. The number of hydrogen-bond donors (Lipinski definition) is 9. The zero-order chi connectivity index (χ0) is 64.5. The lowest BCUT2D eigenvalue weighted by molar-refractivity contribution is -0.359. The van der Waals surface area contributed by atoms with Crippen LogP contribution in [-0.2, 0) is 23.7 Å². The predicted octanol–water partition coefficient (Wildman–Crippen LogP) is 15.6. The van der Waals surface area contributed by atoms with Gasteiger partial charge in [-0.25, -0.2) is 0 Å². The highest BCUT2D eigenvalue weighted by Crippen LogP contribution is 2.30. The molecule has 0 aliphatic carbocycles. The Morgan fingerprint density at radius 3 is 1.19 bits per heavy atom. The number of unbranched alkanes of at least 4 members (excludes halogenated alkanes) is 38. The van der Waals surface area contributed by atoms with Gasteiger partial charge in [-0.2, -0.15) is 0 Å². The summed E-state index contributed by atoms with van der Waals surface area (Å²) in [6.07, 6.45) is 62.3. The van der Waals surface area contributed by atoms with Crippen molar-refractivity contribution in [3.05, 3.63) is 60.8 Å². The molecule has 12 unspecified atom stereocenters. The molecule has 1 amide bonds. The molecule has 2 fully saturated rings. The summed E-state index contributed by atoms with van der Waals surface area (Å²) in [6.45, 7) is 2.79. The van der Waals surface area contributed by atoms with Crippen LogP contribution >= 0.6 is 0 Å². The summed E-state index contributed by atoms with van der Waals surface area (Å²) in [5, 5.41) is 87.7. The van der Waals surface area contributed by atoms with Crippen molar-refractivity contribution >= 4 is 5.91 Å². The van der Waals surface area contributed by atoms with Gasteiger partial charge in [-0.05, 0) is 57.8 Å². The molecule has 89 heavy (non-hydrogen) atoms. The third-order valence-corrected chi connectivity index (χ3v) is 18.0. The fourth-order valence-corrected chi connectivity index (χ4v) is 12.2. The van der Waals surface area contributed by atoms with Crippen LogP contribution in [0.5, 0.6) is 0 Å². The van der Waals surface area contributed by atoms with E-state index in [1.807, 2.05) is 0 Å². The molecule has 2 aliphatic heterocycles. The molecule has 0 saturated carbocycles. The molecule has 14 nitrogen and oxygen atoms in total. The van der Waals surface area contributed by atoms with E-state index in [-0.39, 0.29) is 12.5 Å². The molecule has 12 atom stereocenters. The zero-order valence-electron chi connectivity index (χ0n) is 56.7. The topological polar surface area (TPSA) is 228 Å². The van der Waals surface area contributed by atoms with E-state index in [0.717, 1.165) is 83.5 Å². The quantitative estimate of drug-likeness (QED) is 0.0204. The minimum absolute atomic E-state index is 0.205. The SMILES string of the molecule is CC/C=C\C/C=C\C/C=C\C/C=C\C/C=C\CCCCCCCCCCCCCCCC(=O)NC(COC1OC(CO)C(OC2OC(CO)C(O)C(O)C2O)C(O)C1O)C(O)CCCCCCCCCCCCCCCCCCCCCCCCCCCC. The highest BCUT2D eigenvalue weighted by Gasteiger charge is 2.51. The number of allylic oxidation sites excluding steroid dienone is 10. The van der Waals surface area contributed by atoms with Crippen LogP contribution in [0.25, 0.3) is 0 Å². The van der Waals surface area contributed by atoms with Gasteiger partial charge >= 0.3 is 0 Å². The molecule has 0 bridgehead atoms. The number of amides is 1. The molecular formula is C75H137NO13. The summed E-state index contributed by atoms with van der Waals surface area (Å²) in [4.78, 5) is 13.4. The van der Waals surface area contributed by atoms with E-state index in [4.69, 9.17) is 18.9 Å². The predicted molar refractivity (Wildman–Crippen MR) is 364 cm³/mol. The van der Waals surface area contributed by atoms with E-state index in [9.17, 15) is 45.6 Å². The molecule has 14 heteroatoms. The fourth-order valence-electron chi connectivity index (χ4n) is 12.2. The van der Waals surface area contributed by atoms with Crippen molar-refractivity contribution in [1.82, 2.24) is 5.32 Å². The molecule has 2 saturated heterocycles. The van der Waals surface area contributed by atoms with Gasteiger partial charge in [-0.1, -0.05) is 312 Å². The fraction of sp³-hybridized carbons (Fsp3) is 0.853. The second-order valence-electron chi connectivity index (χ2n) is 26.0. The van der Waals surface area contributed by atoms with Crippen LogP contribution in [0.15, 0.2) is 60.8 Å². The molecule has 520 valence electrons. The summed E-state index contributed by atoms with van der Waals surface area (Å²) >= 11 is 0. The number of hydrogen-bond acceptors (Lipinski definition) is 13. The standard InChI is InChI=1S/C75H137NO13/c1-3-5-7-9-11-13-15-17-19-21-23-25-27-29-31-32-33-35-37-39-41-43-45-47-49-51-53-55-57-59-67(80)76-63(62-86-74-72(85)70(83)73(66(61-78)88-74)89-75-71(84)69(82)68(81)65(60-77)87-75)64(79)58-56-54-52-50-48-46-44-42-40-38-36-34-30-28-26-24-22-20-18-16-14-12-10-8-6-4-2/h5,7,11,13,17,19,23,25,29,31,63-66,68-75,77-79,81-85H,3-4,6,8-10,12,14-16,18,20-22,24,26-28,30,32-62H2,1-2H3,(H,76,80)/b7-5-,13-11-,19-17-,25-23-,31-29-. The molecular weight excluding hydrogens is 1120 g/mol. The highest BCUT2D eigenvalue weighted by molar-refractivity contribution is 5.76. The lowest BCUT2D eigenvalue weighted by Crippen LogP contribution is -2.65. The van der Waals surface area contributed by atoms with E-state index >= 15 is 0 Å². The Morgan fingerprint density at radius 1 is 0.416 bits per heavy atom. The van der Waals surface area contributed by atoms with Crippen LogP contribution in [0.2, 0.25) is 0 Å². The van der Waals surface area contributed by atoms with E-state index in [1.165, 1.54) is 205 Å². The van der Waals surface area contributed by atoms with Gasteiger partial charge in [0.1, 0.15) is 48.8 Å². The number of nitrogens with one attached hydrogen (secondary N) is 1. The molecule has 2 heterocycles. The first kappa shape index (κ1) is 82.8. The summed E-state index contributed by atoms with van der Waals surface area (Å²) in [7, 11) is 0. The minimum atomic E-state index is -1.78. The third-order valence-electron chi connectivity index (χ3n) is 18.0. The lowest BCUT2D eigenvalue weighted by Gasteiger charge is -2.46. The van der Waals surface area contributed by atoms with Crippen LogP contribution in [0.1, 0.15) is 316 Å². The van der Waals surface area contributed by atoms with Crippen molar-refractivity contribution in [2.24, 2.45) is 0 Å². The lowest BCUT2D eigenvalue weighted by atomic mass is 9.97. The Kier molecular flexibility index (Phi) is 55.3. The van der Waals surface area contributed by atoms with Gasteiger partial charge in [0, 0.05) is 6.42 Å². The first-order valence-corrected chi connectivity index (χ1v) is 37.0. The minimum Gasteiger partial charge on any atom is -0.394 e. The van der Waals surface area contributed by atoms with Gasteiger partial charge in [0.2, 0.25) is 5.91 Å². The molecule has 0 radical (unpaired) electrons. The van der Waals surface area contributed by atoms with Gasteiger partial charge < -0.3 is 65.1 Å². The Bertz CT molecular complexity index is 1720. The van der Waals surface area contributed by atoms with Crippen LogP contribution < -0.4 is 5.32 Å².